The molecule has 2 heterocycles. The number of carbonyl (C=O) groups excluding carboxylic acids is 1. The highest BCUT2D eigenvalue weighted by molar-refractivity contribution is 7.13. The van der Waals surface area contributed by atoms with Gasteiger partial charge in [0.25, 0.3) is 0 Å². The number of aryl methyl sites for hydroxylation is 1. The van der Waals surface area contributed by atoms with Crippen molar-refractivity contribution >= 4 is 52.1 Å². The number of esters is 1. The van der Waals surface area contributed by atoms with Crippen LogP contribution in [0.15, 0.2) is 30.3 Å². The molecule has 1 aliphatic heterocycles. The molecule has 6 nitrogen and oxygen atoms in total. The van der Waals surface area contributed by atoms with E-state index in [2.05, 4.69) is 4.90 Å². The molecule has 2 aliphatic rings. The molecule has 2 fully saturated rings. The summed E-state index contributed by atoms with van der Waals surface area (Å²) in [5.41, 5.74) is 0. The first-order valence-electron chi connectivity index (χ1n) is 12.4. The minimum Gasteiger partial charge on any atom is -0.493 e. The van der Waals surface area contributed by atoms with E-state index in [0.29, 0.717) is 40.3 Å². The molecule has 2 aromatic rings. The number of carbonyl (C=O) groups is 1. The normalized spacial score (nSPS) is 24.7. The van der Waals surface area contributed by atoms with E-state index in [-0.39, 0.29) is 23.2 Å². The smallest absolute Gasteiger partial charge is 0.348 e. The molecule has 4 rings (SSSR count). The fourth-order valence-electron chi connectivity index (χ4n) is 4.87. The lowest BCUT2D eigenvalue weighted by atomic mass is 9.90. The van der Waals surface area contributed by atoms with Gasteiger partial charge >= 0.3 is 5.97 Å². The van der Waals surface area contributed by atoms with Gasteiger partial charge in [0.05, 0.1) is 25.9 Å². The van der Waals surface area contributed by atoms with Gasteiger partial charge in [0.15, 0.2) is 0 Å². The first-order valence-corrected chi connectivity index (χ1v) is 14.4. The third-order valence-corrected chi connectivity index (χ3v) is 8.89. The zero-order valence-corrected chi connectivity index (χ0v) is 23.1. The molecule has 1 aromatic heterocycles. The van der Waals surface area contributed by atoms with E-state index in [1.165, 1.54) is 11.3 Å². The Morgan fingerprint density at radius 3 is 2.64 bits per heavy atom. The van der Waals surface area contributed by atoms with Gasteiger partial charge in [-0.05, 0) is 61.9 Å². The van der Waals surface area contributed by atoms with Gasteiger partial charge in [-0.3, -0.25) is 4.90 Å². The topological polar surface area (TPSA) is 68.2 Å². The van der Waals surface area contributed by atoms with Crippen LogP contribution in [0, 0.1) is 11.8 Å². The van der Waals surface area contributed by atoms with Gasteiger partial charge in [-0.15, -0.1) is 22.9 Å². The van der Waals surface area contributed by atoms with E-state index < -0.39 is 6.10 Å². The third-order valence-electron chi connectivity index (χ3n) is 6.82. The van der Waals surface area contributed by atoms with Crippen LogP contribution in [0.2, 0.25) is 10.0 Å². The fraction of sp³-hybridized carbons (Fsp3) is 0.577. The van der Waals surface area contributed by atoms with Gasteiger partial charge < -0.3 is 19.3 Å². The van der Waals surface area contributed by atoms with Crippen LogP contribution < -0.4 is 4.74 Å². The Hall–Kier alpha value is -1.06. The number of alkyl halides is 1. The standard InChI is InChI=1S/C26H32Cl3NO5S/c27-17-12-18(28)14-19(13-17)35-16-22-21(23(29)15-24(22)31)3-1-2-20-4-5-25(36-20)26(32)34-11-8-30-6-9-33-10-7-30/h4-5,12-14,21-24,31H,1-3,6-11,15-16H2/t21-,22-,23-,24-/m1/s1. The zero-order chi connectivity index (χ0) is 25.5. The van der Waals surface area contributed by atoms with Crippen LogP contribution in [0.3, 0.4) is 0 Å². The van der Waals surface area contributed by atoms with Crippen LogP contribution in [-0.2, 0) is 15.9 Å². The molecule has 36 heavy (non-hydrogen) atoms. The molecule has 0 radical (unpaired) electrons. The lowest BCUT2D eigenvalue weighted by molar-refractivity contribution is 0.0197. The van der Waals surface area contributed by atoms with Gasteiger partial charge in [-0.2, -0.15) is 0 Å². The largest absolute Gasteiger partial charge is 0.493 e. The van der Waals surface area contributed by atoms with Crippen molar-refractivity contribution in [2.75, 3.05) is 46.1 Å². The second-order valence-electron chi connectivity index (χ2n) is 9.31. The molecule has 1 saturated heterocycles. The van der Waals surface area contributed by atoms with E-state index >= 15 is 0 Å². The van der Waals surface area contributed by atoms with Crippen molar-refractivity contribution in [3.05, 3.63) is 50.1 Å². The first kappa shape index (κ1) is 28.0. The van der Waals surface area contributed by atoms with Crippen molar-refractivity contribution in [2.45, 2.75) is 37.2 Å². The number of hydrogen-bond donors (Lipinski definition) is 1. The molecule has 0 amide bonds. The Morgan fingerprint density at radius 1 is 1.14 bits per heavy atom. The second kappa shape index (κ2) is 13.7. The Labute approximate surface area is 231 Å². The van der Waals surface area contributed by atoms with E-state index in [0.717, 1.165) is 57.0 Å². The molecule has 1 N–H and O–H groups in total. The zero-order valence-electron chi connectivity index (χ0n) is 20.0. The van der Waals surface area contributed by atoms with Gasteiger partial charge in [-0.25, -0.2) is 4.79 Å². The maximum absolute atomic E-state index is 12.4. The fourth-order valence-corrected chi connectivity index (χ4v) is 6.81. The Bertz CT molecular complexity index is 979. The second-order valence-corrected chi connectivity index (χ2v) is 11.9. The van der Waals surface area contributed by atoms with Gasteiger partial charge in [0, 0.05) is 45.9 Å². The molecule has 198 valence electrons. The number of morpholine rings is 1. The highest BCUT2D eigenvalue weighted by Crippen LogP contribution is 2.40. The SMILES string of the molecule is O=C(OCCN1CCOCC1)c1ccc(CCC[C@@H]2[C@@H](COc3cc(Cl)cc(Cl)c3)[C@H](O)C[C@H]2Cl)s1. The van der Waals surface area contributed by atoms with Crippen molar-refractivity contribution in [3.63, 3.8) is 0 Å². The summed E-state index contributed by atoms with van der Waals surface area (Å²) in [7, 11) is 0. The molecule has 4 atom stereocenters. The van der Waals surface area contributed by atoms with E-state index in [1.807, 2.05) is 12.1 Å². The molecule has 0 bridgehead atoms. The van der Waals surface area contributed by atoms with E-state index in [1.54, 1.807) is 18.2 Å². The summed E-state index contributed by atoms with van der Waals surface area (Å²) in [4.78, 5) is 16.4. The van der Waals surface area contributed by atoms with Crippen molar-refractivity contribution in [1.82, 2.24) is 4.90 Å². The number of halogens is 3. The molecule has 1 saturated carbocycles. The lowest BCUT2D eigenvalue weighted by Crippen LogP contribution is -2.38. The summed E-state index contributed by atoms with van der Waals surface area (Å²) in [5.74, 6) is 0.392. The minimum absolute atomic E-state index is 0.0643. The number of nitrogens with zero attached hydrogens (tertiary/aromatic N) is 1. The summed E-state index contributed by atoms with van der Waals surface area (Å²) in [6, 6.07) is 8.91. The minimum atomic E-state index is -0.507. The third kappa shape index (κ3) is 7.97. The molecule has 10 heteroatoms. The Kier molecular flexibility index (Phi) is 10.6. The molecular formula is C26H32Cl3NO5S. The van der Waals surface area contributed by atoms with Crippen LogP contribution >= 0.6 is 46.1 Å². The summed E-state index contributed by atoms with van der Waals surface area (Å²) in [6.45, 7) is 4.69. The maximum Gasteiger partial charge on any atom is 0.348 e. The average Bonchev–Trinajstić information content (AvgIpc) is 3.42. The summed E-state index contributed by atoms with van der Waals surface area (Å²) >= 11 is 20.2. The van der Waals surface area contributed by atoms with Crippen molar-refractivity contribution in [2.24, 2.45) is 11.8 Å². The monoisotopic (exact) mass is 575 g/mol. The van der Waals surface area contributed by atoms with Gasteiger partial charge in [0.1, 0.15) is 17.2 Å². The van der Waals surface area contributed by atoms with Crippen LogP contribution in [0.4, 0.5) is 0 Å². The molecular weight excluding hydrogens is 545 g/mol. The molecule has 1 aliphatic carbocycles. The van der Waals surface area contributed by atoms with Crippen LogP contribution in [0.25, 0.3) is 0 Å². The van der Waals surface area contributed by atoms with Gasteiger partial charge in [-0.1, -0.05) is 23.2 Å². The molecule has 1 aromatic carbocycles. The summed E-state index contributed by atoms with van der Waals surface area (Å²) < 4.78 is 16.7. The highest BCUT2D eigenvalue weighted by Gasteiger charge is 2.41. The van der Waals surface area contributed by atoms with Gasteiger partial charge in [0.2, 0.25) is 0 Å². The lowest BCUT2D eigenvalue weighted by Gasteiger charge is -2.26. The summed E-state index contributed by atoms with van der Waals surface area (Å²) in [5, 5.41) is 11.5. The number of benzene rings is 1. The van der Waals surface area contributed by atoms with Crippen LogP contribution in [-0.4, -0.2) is 73.5 Å². The van der Waals surface area contributed by atoms with Crippen molar-refractivity contribution in [3.8, 4) is 5.75 Å². The number of thiophene rings is 1. The number of rotatable bonds is 11. The quantitative estimate of drug-likeness (QED) is 0.279. The summed E-state index contributed by atoms with van der Waals surface area (Å²) in [6.07, 6.45) is 2.67. The first-order chi connectivity index (χ1) is 17.4. The maximum atomic E-state index is 12.4. The molecule has 0 spiro atoms. The predicted molar refractivity (Wildman–Crippen MR) is 144 cm³/mol. The van der Waals surface area contributed by atoms with E-state index in [9.17, 15) is 9.90 Å². The van der Waals surface area contributed by atoms with Crippen LogP contribution in [0.5, 0.6) is 5.75 Å². The predicted octanol–water partition coefficient (Wildman–Crippen LogP) is 5.55. The Balaban J connectivity index is 1.21. The van der Waals surface area contributed by atoms with Crippen molar-refractivity contribution in [1.29, 1.82) is 0 Å². The number of aliphatic hydroxyl groups excluding tert-OH is 1. The van der Waals surface area contributed by atoms with E-state index in [4.69, 9.17) is 49.0 Å². The number of ether oxygens (including phenoxy) is 3. The Morgan fingerprint density at radius 2 is 1.89 bits per heavy atom. The number of hydrogen-bond acceptors (Lipinski definition) is 7. The van der Waals surface area contributed by atoms with Crippen LogP contribution in [0.1, 0.15) is 33.8 Å². The average molecular weight is 577 g/mol. The highest BCUT2D eigenvalue weighted by atomic mass is 35.5. The number of aliphatic hydroxyl groups is 1. The van der Waals surface area contributed by atoms with Crippen molar-refractivity contribution < 1.29 is 24.1 Å². The molecule has 0 unspecified atom stereocenters.